The van der Waals surface area contributed by atoms with E-state index in [1.54, 1.807) is 0 Å². The van der Waals surface area contributed by atoms with E-state index >= 15 is 0 Å². The Kier molecular flexibility index (Phi) is 6.48. The second-order valence-electron chi connectivity index (χ2n) is 9.73. The van der Waals surface area contributed by atoms with Crippen LogP contribution in [0.5, 0.6) is 5.75 Å². The second-order valence-corrected chi connectivity index (χ2v) is 11.3. The summed E-state index contributed by atoms with van der Waals surface area (Å²) in [5.74, 6) is -3.67. The van der Waals surface area contributed by atoms with Crippen LogP contribution in [0.3, 0.4) is 0 Å². The maximum atomic E-state index is 13.7. The van der Waals surface area contributed by atoms with Crippen molar-refractivity contribution in [1.29, 1.82) is 0 Å². The third-order valence-electron chi connectivity index (χ3n) is 7.59. The lowest BCUT2D eigenvalue weighted by Crippen LogP contribution is -2.43. The molecule has 35 heavy (non-hydrogen) atoms. The molecule has 10 heteroatoms. The molecule has 4 rings (SSSR count). The first-order valence-electron chi connectivity index (χ1n) is 11.2. The summed E-state index contributed by atoms with van der Waals surface area (Å²) >= 11 is 0. The highest BCUT2D eigenvalue weighted by molar-refractivity contribution is 7.87. The number of aliphatic hydroxyl groups is 1. The van der Waals surface area contributed by atoms with E-state index in [-0.39, 0.29) is 23.0 Å². The Hall–Kier alpha value is -2.85. The Bertz CT molecular complexity index is 1240. The van der Waals surface area contributed by atoms with Gasteiger partial charge in [0.05, 0.1) is 11.2 Å². The predicted molar refractivity (Wildman–Crippen MR) is 121 cm³/mol. The summed E-state index contributed by atoms with van der Waals surface area (Å²) in [6.07, 6.45) is 0.399. The van der Waals surface area contributed by atoms with Crippen molar-refractivity contribution in [2.45, 2.75) is 39.2 Å². The van der Waals surface area contributed by atoms with Gasteiger partial charge in [-0.1, -0.05) is 32.0 Å². The molecule has 0 heterocycles. The average molecular weight is 509 g/mol. The maximum absolute atomic E-state index is 13.7. The van der Waals surface area contributed by atoms with Crippen LogP contribution in [0, 0.1) is 28.4 Å². The van der Waals surface area contributed by atoms with Gasteiger partial charge in [0.25, 0.3) is 0 Å². The highest BCUT2D eigenvalue weighted by Crippen LogP contribution is 2.64. The number of rotatable bonds is 8. The van der Waals surface area contributed by atoms with Crippen molar-refractivity contribution in [3.05, 3.63) is 65.2 Å². The fourth-order valence-electron chi connectivity index (χ4n) is 5.35. The van der Waals surface area contributed by atoms with Crippen LogP contribution >= 0.6 is 0 Å². The average Bonchev–Trinajstić information content (AvgIpc) is 3.11. The van der Waals surface area contributed by atoms with E-state index in [0.717, 1.165) is 24.6 Å². The molecule has 2 aromatic rings. The van der Waals surface area contributed by atoms with Gasteiger partial charge in [-0.3, -0.25) is 4.79 Å². The minimum Gasteiger partial charge on any atom is -0.459 e. The van der Waals surface area contributed by atoms with Gasteiger partial charge in [-0.15, -0.1) is 0 Å². The van der Waals surface area contributed by atoms with Gasteiger partial charge in [0.1, 0.15) is 41.4 Å². The van der Waals surface area contributed by atoms with Crippen molar-refractivity contribution < 1.29 is 40.8 Å². The van der Waals surface area contributed by atoms with Gasteiger partial charge in [0, 0.05) is 6.42 Å². The van der Waals surface area contributed by atoms with Crippen molar-refractivity contribution in [3.8, 4) is 5.75 Å². The number of carbonyl (C=O) groups is 2. The van der Waals surface area contributed by atoms with Gasteiger partial charge < -0.3 is 14.0 Å². The Labute approximate surface area is 202 Å². The minimum atomic E-state index is -4.08. The topological polar surface area (TPSA) is 107 Å². The SMILES string of the molecule is CC1(C)C2CCC1(CS(=O)(=O)Oc1ccc(C(O)COC(=O)c3c(F)cccc3F)cc1)C(=O)C2. The van der Waals surface area contributed by atoms with Crippen LogP contribution in [-0.2, 0) is 19.6 Å². The number of halogens is 2. The summed E-state index contributed by atoms with van der Waals surface area (Å²) in [6.45, 7) is 3.30. The standard InChI is InChI=1S/C25H26F2O7S/c1-24(2)16-10-11-25(24,21(29)12-16)14-35(31,32)34-17-8-6-15(7-9-17)20(28)13-33-23(30)22-18(26)4-3-5-19(22)27/h3-9,16,20,28H,10-14H2,1-2H3. The summed E-state index contributed by atoms with van der Waals surface area (Å²) in [6, 6.07) is 8.34. The quantitative estimate of drug-likeness (QED) is 0.425. The van der Waals surface area contributed by atoms with E-state index < -0.39 is 62.6 Å². The summed E-state index contributed by atoms with van der Waals surface area (Å²) < 4.78 is 63.1. The van der Waals surface area contributed by atoms with Crippen molar-refractivity contribution in [3.63, 3.8) is 0 Å². The highest BCUT2D eigenvalue weighted by Gasteiger charge is 2.65. The Morgan fingerprint density at radius 2 is 1.77 bits per heavy atom. The molecule has 0 aromatic heterocycles. The Balaban J connectivity index is 1.38. The van der Waals surface area contributed by atoms with Gasteiger partial charge in [-0.2, -0.15) is 8.42 Å². The number of ketones is 1. The zero-order valence-corrected chi connectivity index (χ0v) is 20.1. The fraction of sp³-hybridized carbons (Fsp3) is 0.440. The van der Waals surface area contributed by atoms with Gasteiger partial charge >= 0.3 is 16.1 Å². The van der Waals surface area contributed by atoms with Crippen molar-refractivity contribution >= 4 is 21.9 Å². The molecule has 3 atom stereocenters. The first kappa shape index (κ1) is 25.2. The number of fused-ring (bicyclic) bond motifs is 2. The molecule has 2 aliphatic carbocycles. The van der Waals surface area contributed by atoms with E-state index in [2.05, 4.69) is 0 Å². The first-order chi connectivity index (χ1) is 16.4. The van der Waals surface area contributed by atoms with Crippen LogP contribution in [0.4, 0.5) is 8.78 Å². The molecule has 0 amide bonds. The first-order valence-corrected chi connectivity index (χ1v) is 12.8. The number of hydrogen-bond acceptors (Lipinski definition) is 7. The molecular formula is C25H26F2O7S. The van der Waals surface area contributed by atoms with Crippen LogP contribution < -0.4 is 4.18 Å². The third-order valence-corrected chi connectivity index (χ3v) is 8.88. The maximum Gasteiger partial charge on any atom is 0.344 e. The number of hydrogen-bond donors (Lipinski definition) is 1. The van der Waals surface area contributed by atoms with Crippen molar-refractivity contribution in [2.24, 2.45) is 16.7 Å². The lowest BCUT2D eigenvalue weighted by atomic mass is 9.70. The molecule has 2 fully saturated rings. The number of carbonyl (C=O) groups excluding carboxylic acids is 2. The molecule has 2 aliphatic rings. The second kappa shape index (κ2) is 8.98. The van der Waals surface area contributed by atoms with Crippen molar-refractivity contribution in [2.75, 3.05) is 12.4 Å². The van der Waals surface area contributed by atoms with E-state index in [4.69, 9.17) is 8.92 Å². The zero-order valence-electron chi connectivity index (χ0n) is 19.3. The number of benzene rings is 2. The van der Waals surface area contributed by atoms with E-state index in [0.29, 0.717) is 12.8 Å². The van der Waals surface area contributed by atoms with Crippen molar-refractivity contribution in [1.82, 2.24) is 0 Å². The molecular weight excluding hydrogens is 482 g/mol. The normalized spacial score (nSPS) is 23.8. The number of Topliss-reactive ketones (excluding diaryl/α,β-unsaturated/α-hetero) is 1. The largest absolute Gasteiger partial charge is 0.459 e. The predicted octanol–water partition coefficient (Wildman–Crippen LogP) is 3.96. The molecule has 0 saturated heterocycles. The molecule has 7 nitrogen and oxygen atoms in total. The molecule has 0 aliphatic heterocycles. The molecule has 0 spiro atoms. The van der Waals surface area contributed by atoms with Gasteiger partial charge in [0.2, 0.25) is 0 Å². The van der Waals surface area contributed by atoms with E-state index in [1.165, 1.54) is 24.3 Å². The molecule has 1 N–H and O–H groups in total. The van der Waals surface area contributed by atoms with Gasteiger partial charge in [0.15, 0.2) is 0 Å². The number of aliphatic hydroxyl groups excluding tert-OH is 1. The Morgan fingerprint density at radius 3 is 2.31 bits per heavy atom. The minimum absolute atomic E-state index is 0.000529. The molecule has 2 bridgehead atoms. The monoisotopic (exact) mass is 508 g/mol. The summed E-state index contributed by atoms with van der Waals surface area (Å²) in [5, 5.41) is 10.3. The van der Waals surface area contributed by atoms with Crippen LogP contribution in [0.2, 0.25) is 0 Å². The molecule has 2 saturated carbocycles. The lowest BCUT2D eigenvalue weighted by Gasteiger charge is -2.35. The number of esters is 1. The van der Waals surface area contributed by atoms with Crippen LogP contribution in [-0.4, -0.2) is 37.6 Å². The van der Waals surface area contributed by atoms with Crippen LogP contribution in [0.25, 0.3) is 0 Å². The van der Waals surface area contributed by atoms with Gasteiger partial charge in [-0.25, -0.2) is 13.6 Å². The van der Waals surface area contributed by atoms with Crippen LogP contribution in [0.1, 0.15) is 55.1 Å². The van der Waals surface area contributed by atoms with E-state index in [9.17, 15) is 31.9 Å². The summed E-state index contributed by atoms with van der Waals surface area (Å²) in [7, 11) is -4.08. The summed E-state index contributed by atoms with van der Waals surface area (Å²) in [4.78, 5) is 24.6. The lowest BCUT2D eigenvalue weighted by molar-refractivity contribution is -0.128. The summed E-state index contributed by atoms with van der Waals surface area (Å²) in [5.41, 5.74) is -1.96. The van der Waals surface area contributed by atoms with Crippen LogP contribution in [0.15, 0.2) is 42.5 Å². The zero-order chi connectivity index (χ0) is 25.6. The van der Waals surface area contributed by atoms with Gasteiger partial charge in [-0.05, 0) is 54.0 Å². The smallest absolute Gasteiger partial charge is 0.344 e. The van der Waals surface area contributed by atoms with E-state index in [1.807, 2.05) is 13.8 Å². The molecule has 2 aromatic carbocycles. The third kappa shape index (κ3) is 4.56. The molecule has 0 radical (unpaired) electrons. The molecule has 3 unspecified atom stereocenters. The Morgan fingerprint density at radius 1 is 1.14 bits per heavy atom. The molecule has 188 valence electrons. The fourth-order valence-corrected chi connectivity index (χ4v) is 7.09. The number of ether oxygens (including phenoxy) is 1. The highest BCUT2D eigenvalue weighted by atomic mass is 32.2.